The molecular formula is C21H26N4O2S. The van der Waals surface area contributed by atoms with Crippen LogP contribution in [0.4, 0.5) is 0 Å². The van der Waals surface area contributed by atoms with Gasteiger partial charge in [0.2, 0.25) is 10.0 Å². The van der Waals surface area contributed by atoms with E-state index in [-0.39, 0.29) is 0 Å². The molecule has 4 rings (SSSR count). The number of aromatic amines is 1. The Morgan fingerprint density at radius 2 is 1.64 bits per heavy atom. The Morgan fingerprint density at radius 3 is 2.29 bits per heavy atom. The molecule has 7 heteroatoms. The predicted molar refractivity (Wildman–Crippen MR) is 111 cm³/mol. The Morgan fingerprint density at radius 1 is 1.00 bits per heavy atom. The third-order valence-electron chi connectivity index (χ3n) is 5.35. The number of H-pyrrole nitrogens is 1. The first-order valence-corrected chi connectivity index (χ1v) is 11.0. The number of para-hydroxylation sites is 2. The zero-order valence-electron chi connectivity index (χ0n) is 16.6. The highest BCUT2D eigenvalue weighted by molar-refractivity contribution is 7.89. The number of nitrogens with zero attached hydrogens (tertiary/aromatic N) is 3. The molecular weight excluding hydrogens is 372 g/mol. The van der Waals surface area contributed by atoms with Crippen LogP contribution in [0.3, 0.4) is 0 Å². The second-order valence-electron chi connectivity index (χ2n) is 7.61. The number of hydrogen-bond acceptors (Lipinski definition) is 4. The summed E-state index contributed by atoms with van der Waals surface area (Å²) in [6.07, 6.45) is 0. The zero-order valence-corrected chi connectivity index (χ0v) is 17.4. The summed E-state index contributed by atoms with van der Waals surface area (Å²) in [5, 5.41) is 0. The Labute approximate surface area is 166 Å². The van der Waals surface area contributed by atoms with Crippen molar-refractivity contribution in [3.8, 4) is 0 Å². The summed E-state index contributed by atoms with van der Waals surface area (Å²) >= 11 is 0. The van der Waals surface area contributed by atoms with Crippen LogP contribution in [0.5, 0.6) is 0 Å². The minimum absolute atomic E-state index is 0.462. The molecule has 2 aromatic carbocycles. The molecule has 1 saturated heterocycles. The van der Waals surface area contributed by atoms with Gasteiger partial charge in [-0.3, -0.25) is 4.90 Å². The normalized spacial score (nSPS) is 16.7. The Hall–Kier alpha value is -2.22. The molecule has 0 aliphatic carbocycles. The first kappa shape index (κ1) is 19.1. The quantitative estimate of drug-likeness (QED) is 0.734. The second kappa shape index (κ2) is 7.31. The van der Waals surface area contributed by atoms with Gasteiger partial charge in [-0.2, -0.15) is 4.31 Å². The molecule has 1 fully saturated rings. The lowest BCUT2D eigenvalue weighted by molar-refractivity contribution is 0.178. The first-order valence-electron chi connectivity index (χ1n) is 9.58. The van der Waals surface area contributed by atoms with Crippen molar-refractivity contribution in [2.75, 3.05) is 26.2 Å². The van der Waals surface area contributed by atoms with Crippen LogP contribution in [0.15, 0.2) is 41.3 Å². The summed E-state index contributed by atoms with van der Waals surface area (Å²) < 4.78 is 28.0. The number of benzene rings is 2. The molecule has 2 heterocycles. The summed E-state index contributed by atoms with van der Waals surface area (Å²) in [6, 6.07) is 11.9. The number of sulfonamides is 1. The minimum Gasteiger partial charge on any atom is -0.341 e. The van der Waals surface area contributed by atoms with Crippen molar-refractivity contribution in [3.63, 3.8) is 0 Å². The number of imidazole rings is 1. The molecule has 1 aromatic heterocycles. The van der Waals surface area contributed by atoms with Crippen molar-refractivity contribution >= 4 is 21.1 Å². The van der Waals surface area contributed by atoms with Crippen LogP contribution in [0.1, 0.15) is 22.5 Å². The van der Waals surface area contributed by atoms with Crippen molar-refractivity contribution in [1.29, 1.82) is 0 Å². The van der Waals surface area contributed by atoms with Crippen LogP contribution in [-0.4, -0.2) is 53.8 Å². The second-order valence-corrected chi connectivity index (χ2v) is 9.48. The first-order chi connectivity index (χ1) is 13.3. The van der Waals surface area contributed by atoms with E-state index in [0.717, 1.165) is 33.5 Å². The maximum Gasteiger partial charge on any atom is 0.243 e. The van der Waals surface area contributed by atoms with E-state index in [4.69, 9.17) is 0 Å². The van der Waals surface area contributed by atoms with Gasteiger partial charge < -0.3 is 4.98 Å². The number of fused-ring (bicyclic) bond motifs is 1. The van der Waals surface area contributed by atoms with Crippen molar-refractivity contribution in [1.82, 2.24) is 19.2 Å². The van der Waals surface area contributed by atoms with E-state index in [2.05, 4.69) is 14.9 Å². The van der Waals surface area contributed by atoms with Gasteiger partial charge in [0, 0.05) is 26.2 Å². The Kier molecular flexibility index (Phi) is 4.99. The maximum atomic E-state index is 13.2. The van der Waals surface area contributed by atoms with Crippen molar-refractivity contribution in [3.05, 3.63) is 58.9 Å². The fourth-order valence-electron chi connectivity index (χ4n) is 4.12. The Balaban J connectivity index is 1.46. The van der Waals surface area contributed by atoms with E-state index in [1.807, 2.05) is 57.2 Å². The molecule has 28 heavy (non-hydrogen) atoms. The molecule has 1 N–H and O–H groups in total. The van der Waals surface area contributed by atoms with E-state index in [0.29, 0.717) is 37.6 Å². The van der Waals surface area contributed by atoms with Gasteiger partial charge >= 0.3 is 0 Å². The lowest BCUT2D eigenvalue weighted by atomic mass is 10.1. The van der Waals surface area contributed by atoms with E-state index in [1.165, 1.54) is 0 Å². The number of aryl methyl sites for hydroxylation is 3. The van der Waals surface area contributed by atoms with E-state index in [9.17, 15) is 8.42 Å². The van der Waals surface area contributed by atoms with Crippen molar-refractivity contribution < 1.29 is 8.42 Å². The fraction of sp³-hybridized carbons (Fsp3) is 0.381. The molecule has 0 bridgehead atoms. The van der Waals surface area contributed by atoms with E-state index < -0.39 is 10.0 Å². The lowest BCUT2D eigenvalue weighted by Crippen LogP contribution is -2.48. The number of rotatable bonds is 4. The number of aromatic nitrogens is 2. The monoisotopic (exact) mass is 398 g/mol. The van der Waals surface area contributed by atoms with Gasteiger partial charge in [-0.25, -0.2) is 13.4 Å². The minimum atomic E-state index is -3.47. The van der Waals surface area contributed by atoms with Crippen LogP contribution in [-0.2, 0) is 16.6 Å². The number of piperazine rings is 1. The third kappa shape index (κ3) is 3.57. The van der Waals surface area contributed by atoms with E-state index >= 15 is 0 Å². The highest BCUT2D eigenvalue weighted by Gasteiger charge is 2.31. The highest BCUT2D eigenvalue weighted by atomic mass is 32.2. The molecule has 0 spiro atoms. The fourth-order valence-corrected chi connectivity index (χ4v) is 5.96. The number of nitrogens with one attached hydrogen (secondary N) is 1. The van der Waals surface area contributed by atoms with Gasteiger partial charge in [0.05, 0.1) is 22.5 Å². The predicted octanol–water partition coefficient (Wildman–Crippen LogP) is 2.99. The number of hydrogen-bond donors (Lipinski definition) is 1. The smallest absolute Gasteiger partial charge is 0.243 e. The largest absolute Gasteiger partial charge is 0.341 e. The molecule has 1 aliphatic heterocycles. The summed E-state index contributed by atoms with van der Waals surface area (Å²) in [6.45, 7) is 8.83. The van der Waals surface area contributed by atoms with Crippen LogP contribution in [0.25, 0.3) is 11.0 Å². The van der Waals surface area contributed by atoms with Crippen LogP contribution < -0.4 is 0 Å². The van der Waals surface area contributed by atoms with Crippen LogP contribution >= 0.6 is 0 Å². The summed E-state index contributed by atoms with van der Waals surface area (Å²) in [5.74, 6) is 0.919. The molecule has 6 nitrogen and oxygen atoms in total. The SMILES string of the molecule is Cc1cc(C)c(S(=O)(=O)N2CCN(Cc3nc4ccccc4[nH]3)CC2)c(C)c1. The van der Waals surface area contributed by atoms with Gasteiger partial charge in [0.1, 0.15) is 5.82 Å². The molecule has 0 atom stereocenters. The third-order valence-corrected chi connectivity index (χ3v) is 7.55. The van der Waals surface area contributed by atoms with Crippen LogP contribution in [0, 0.1) is 20.8 Å². The van der Waals surface area contributed by atoms with Crippen molar-refractivity contribution in [2.45, 2.75) is 32.2 Å². The lowest BCUT2D eigenvalue weighted by Gasteiger charge is -2.34. The van der Waals surface area contributed by atoms with Gasteiger partial charge in [-0.1, -0.05) is 29.8 Å². The highest BCUT2D eigenvalue weighted by Crippen LogP contribution is 2.26. The molecule has 148 valence electrons. The topological polar surface area (TPSA) is 69.3 Å². The van der Waals surface area contributed by atoms with E-state index in [1.54, 1.807) is 4.31 Å². The maximum absolute atomic E-state index is 13.2. The van der Waals surface area contributed by atoms with Crippen LogP contribution in [0.2, 0.25) is 0 Å². The van der Waals surface area contributed by atoms with Gasteiger partial charge in [0.15, 0.2) is 0 Å². The zero-order chi connectivity index (χ0) is 19.9. The van der Waals surface area contributed by atoms with Gasteiger partial charge in [-0.15, -0.1) is 0 Å². The summed E-state index contributed by atoms with van der Waals surface area (Å²) in [4.78, 5) is 10.7. The molecule has 0 radical (unpaired) electrons. The molecule has 0 unspecified atom stereocenters. The van der Waals surface area contributed by atoms with Gasteiger partial charge in [-0.05, 0) is 44.0 Å². The summed E-state index contributed by atoms with van der Waals surface area (Å²) in [5.41, 5.74) is 4.72. The molecule has 3 aromatic rings. The molecule has 0 amide bonds. The molecule has 0 saturated carbocycles. The summed E-state index contributed by atoms with van der Waals surface area (Å²) in [7, 11) is -3.47. The average molecular weight is 399 g/mol. The van der Waals surface area contributed by atoms with Gasteiger partial charge in [0.25, 0.3) is 0 Å². The standard InChI is InChI=1S/C21H26N4O2S/c1-15-12-16(2)21(17(3)13-15)28(26,27)25-10-8-24(9-11-25)14-20-22-18-6-4-5-7-19(18)23-20/h4-7,12-13H,8-11,14H2,1-3H3,(H,22,23). The molecule has 1 aliphatic rings. The Bertz CT molecular complexity index is 1060. The average Bonchev–Trinajstić information content (AvgIpc) is 3.03. The van der Waals surface area contributed by atoms with Crippen molar-refractivity contribution in [2.24, 2.45) is 0 Å².